The molecule has 7 heteroatoms. The third-order valence-corrected chi connectivity index (χ3v) is 3.11. The zero-order valence-corrected chi connectivity index (χ0v) is 12.4. The van der Waals surface area contributed by atoms with E-state index in [1.54, 1.807) is 12.1 Å². The van der Waals surface area contributed by atoms with Crippen molar-refractivity contribution in [1.29, 1.82) is 0 Å². The van der Waals surface area contributed by atoms with E-state index in [-0.39, 0.29) is 15.9 Å². The number of methoxy groups -OCH3 is 1. The van der Waals surface area contributed by atoms with Crippen molar-refractivity contribution < 1.29 is 14.3 Å². The molecule has 1 amide bonds. The summed E-state index contributed by atoms with van der Waals surface area (Å²) in [5.74, 6) is -0.944. The minimum Gasteiger partial charge on any atom is -0.465 e. The standard InChI is InChI=1S/C14H10Cl2N2O3/c1-21-14(20)8-2-4-9(5-3-8)17-13(19)12-10(15)6-7-11(16)18-12/h2-7H,1H3,(H,17,19). The number of hydrogen-bond acceptors (Lipinski definition) is 4. The molecule has 0 bridgehead atoms. The first-order valence-electron chi connectivity index (χ1n) is 5.83. The van der Waals surface area contributed by atoms with Gasteiger partial charge in [-0.1, -0.05) is 23.2 Å². The van der Waals surface area contributed by atoms with Gasteiger partial charge in [0.1, 0.15) is 10.8 Å². The summed E-state index contributed by atoms with van der Waals surface area (Å²) in [4.78, 5) is 27.2. The molecule has 0 fully saturated rings. The lowest BCUT2D eigenvalue weighted by atomic mass is 10.2. The van der Waals surface area contributed by atoms with Gasteiger partial charge in [-0.2, -0.15) is 0 Å². The number of anilines is 1. The molecule has 0 aliphatic carbocycles. The van der Waals surface area contributed by atoms with Crippen molar-refractivity contribution >= 4 is 40.8 Å². The highest BCUT2D eigenvalue weighted by Crippen LogP contribution is 2.19. The van der Waals surface area contributed by atoms with Gasteiger partial charge in [-0.15, -0.1) is 0 Å². The Morgan fingerprint density at radius 3 is 2.38 bits per heavy atom. The van der Waals surface area contributed by atoms with Crippen LogP contribution in [0, 0.1) is 0 Å². The third-order valence-electron chi connectivity index (χ3n) is 2.59. The highest BCUT2D eigenvalue weighted by Gasteiger charge is 2.13. The van der Waals surface area contributed by atoms with Crippen molar-refractivity contribution in [3.8, 4) is 0 Å². The van der Waals surface area contributed by atoms with Crippen molar-refractivity contribution in [3.63, 3.8) is 0 Å². The fourth-order valence-corrected chi connectivity index (χ4v) is 1.91. The number of halogens is 2. The first kappa shape index (κ1) is 15.3. The molecular formula is C14H10Cl2N2O3. The lowest BCUT2D eigenvalue weighted by Gasteiger charge is -2.07. The molecule has 1 aromatic heterocycles. The number of nitrogens with one attached hydrogen (secondary N) is 1. The highest BCUT2D eigenvalue weighted by atomic mass is 35.5. The largest absolute Gasteiger partial charge is 0.465 e. The summed E-state index contributed by atoms with van der Waals surface area (Å²) in [6.07, 6.45) is 0. The van der Waals surface area contributed by atoms with Crippen molar-refractivity contribution in [2.24, 2.45) is 0 Å². The highest BCUT2D eigenvalue weighted by molar-refractivity contribution is 6.35. The molecule has 5 nitrogen and oxygen atoms in total. The maximum atomic E-state index is 12.1. The molecule has 1 N–H and O–H groups in total. The number of benzene rings is 1. The number of aromatic nitrogens is 1. The predicted octanol–water partition coefficient (Wildman–Crippen LogP) is 3.43. The maximum Gasteiger partial charge on any atom is 0.337 e. The number of nitrogens with zero attached hydrogens (tertiary/aromatic N) is 1. The minimum atomic E-state index is -0.492. The lowest BCUT2D eigenvalue weighted by molar-refractivity contribution is 0.0600. The van der Waals surface area contributed by atoms with Gasteiger partial charge in [0.15, 0.2) is 0 Å². The van der Waals surface area contributed by atoms with Crippen molar-refractivity contribution in [2.75, 3.05) is 12.4 Å². The third kappa shape index (κ3) is 3.71. The number of esters is 1. The number of ether oxygens (including phenoxy) is 1. The van der Waals surface area contributed by atoms with E-state index in [2.05, 4.69) is 15.0 Å². The summed E-state index contributed by atoms with van der Waals surface area (Å²) < 4.78 is 4.59. The van der Waals surface area contributed by atoms with Gasteiger partial charge >= 0.3 is 5.97 Å². The predicted molar refractivity (Wildman–Crippen MR) is 80.0 cm³/mol. The lowest BCUT2D eigenvalue weighted by Crippen LogP contribution is -2.14. The van der Waals surface area contributed by atoms with Gasteiger partial charge in [0.2, 0.25) is 0 Å². The quantitative estimate of drug-likeness (QED) is 0.693. The summed E-state index contributed by atoms with van der Waals surface area (Å²) in [6.45, 7) is 0. The van der Waals surface area contributed by atoms with Crippen LogP contribution in [-0.2, 0) is 4.74 Å². The van der Waals surface area contributed by atoms with E-state index < -0.39 is 11.9 Å². The van der Waals surface area contributed by atoms with Gasteiger partial charge in [-0.3, -0.25) is 4.79 Å². The molecule has 0 saturated carbocycles. The Kier molecular flexibility index (Phi) is 4.77. The molecule has 21 heavy (non-hydrogen) atoms. The van der Waals surface area contributed by atoms with E-state index in [0.717, 1.165) is 0 Å². The van der Waals surface area contributed by atoms with Gasteiger partial charge in [-0.25, -0.2) is 9.78 Å². The summed E-state index contributed by atoms with van der Waals surface area (Å²) in [7, 11) is 1.30. The van der Waals surface area contributed by atoms with Gasteiger partial charge in [0.25, 0.3) is 5.91 Å². The zero-order valence-electron chi connectivity index (χ0n) is 10.9. The number of amides is 1. The van der Waals surface area contributed by atoms with Crippen LogP contribution in [0.1, 0.15) is 20.8 Å². The molecule has 0 unspecified atom stereocenters. The van der Waals surface area contributed by atoms with Gasteiger partial charge in [-0.05, 0) is 36.4 Å². The van der Waals surface area contributed by atoms with E-state index in [0.29, 0.717) is 11.3 Å². The molecule has 2 rings (SSSR count). The monoisotopic (exact) mass is 324 g/mol. The molecule has 108 valence electrons. The number of rotatable bonds is 3. The number of carbonyl (C=O) groups is 2. The van der Waals surface area contributed by atoms with Crippen LogP contribution in [0.15, 0.2) is 36.4 Å². The normalized spacial score (nSPS) is 10.0. The topological polar surface area (TPSA) is 68.3 Å². The molecule has 0 radical (unpaired) electrons. The smallest absolute Gasteiger partial charge is 0.337 e. The Hall–Kier alpha value is -2.11. The molecule has 0 atom stereocenters. The fraction of sp³-hybridized carbons (Fsp3) is 0.0714. The van der Waals surface area contributed by atoms with Crippen LogP contribution in [0.2, 0.25) is 10.2 Å². The van der Waals surface area contributed by atoms with Crippen LogP contribution in [0.3, 0.4) is 0 Å². The SMILES string of the molecule is COC(=O)c1ccc(NC(=O)c2nc(Cl)ccc2Cl)cc1. The molecule has 0 aliphatic rings. The number of carbonyl (C=O) groups excluding carboxylic acids is 2. The van der Waals surface area contributed by atoms with E-state index in [1.165, 1.54) is 31.4 Å². The van der Waals surface area contributed by atoms with Crippen LogP contribution in [0.4, 0.5) is 5.69 Å². The van der Waals surface area contributed by atoms with Crippen molar-refractivity contribution in [2.45, 2.75) is 0 Å². The number of pyridine rings is 1. The molecule has 0 spiro atoms. The first-order valence-corrected chi connectivity index (χ1v) is 6.58. The van der Waals surface area contributed by atoms with E-state index >= 15 is 0 Å². The van der Waals surface area contributed by atoms with E-state index in [4.69, 9.17) is 23.2 Å². The average molecular weight is 325 g/mol. The summed E-state index contributed by atoms with van der Waals surface area (Å²) in [5, 5.41) is 2.98. The Labute approximate surface area is 130 Å². The Morgan fingerprint density at radius 2 is 1.76 bits per heavy atom. The van der Waals surface area contributed by atoms with Crippen LogP contribution in [0.5, 0.6) is 0 Å². The minimum absolute atomic E-state index is 0.0289. The second kappa shape index (κ2) is 6.56. The van der Waals surface area contributed by atoms with Gasteiger partial charge < -0.3 is 10.1 Å². The Balaban J connectivity index is 2.16. The average Bonchev–Trinajstić information content (AvgIpc) is 2.49. The molecule has 1 heterocycles. The van der Waals surface area contributed by atoms with E-state index in [9.17, 15) is 9.59 Å². The second-order valence-electron chi connectivity index (χ2n) is 3.99. The maximum absolute atomic E-state index is 12.1. The van der Waals surface area contributed by atoms with Gasteiger partial charge in [0.05, 0.1) is 17.7 Å². The summed E-state index contributed by atoms with van der Waals surface area (Å²) >= 11 is 11.6. The zero-order chi connectivity index (χ0) is 15.4. The van der Waals surface area contributed by atoms with Crippen molar-refractivity contribution in [1.82, 2.24) is 4.98 Å². The van der Waals surface area contributed by atoms with Gasteiger partial charge in [0, 0.05) is 5.69 Å². The Bertz CT molecular complexity index is 687. The van der Waals surface area contributed by atoms with E-state index in [1.807, 2.05) is 0 Å². The molecule has 0 saturated heterocycles. The molecule has 1 aromatic carbocycles. The fourth-order valence-electron chi connectivity index (χ4n) is 1.58. The second-order valence-corrected chi connectivity index (χ2v) is 4.78. The van der Waals surface area contributed by atoms with Crippen LogP contribution in [0.25, 0.3) is 0 Å². The molecular weight excluding hydrogens is 315 g/mol. The van der Waals surface area contributed by atoms with Crippen LogP contribution in [-0.4, -0.2) is 24.0 Å². The van der Waals surface area contributed by atoms with Crippen molar-refractivity contribution in [3.05, 3.63) is 57.8 Å². The summed E-state index contributed by atoms with van der Waals surface area (Å²) in [6, 6.07) is 9.20. The van der Waals surface area contributed by atoms with Crippen LogP contribution >= 0.6 is 23.2 Å². The number of hydrogen-bond donors (Lipinski definition) is 1. The van der Waals surface area contributed by atoms with Crippen LogP contribution < -0.4 is 5.32 Å². The molecule has 0 aliphatic heterocycles. The first-order chi connectivity index (χ1) is 10.0. The summed E-state index contributed by atoms with van der Waals surface area (Å²) in [5.41, 5.74) is 0.904. The Morgan fingerprint density at radius 1 is 1.10 bits per heavy atom. The molecule has 2 aromatic rings.